The molecule has 0 saturated heterocycles. The molecule has 0 amide bonds. The zero-order valence-electron chi connectivity index (χ0n) is 47.6. The molecule has 14 aromatic rings. The van der Waals surface area contributed by atoms with Crippen LogP contribution in [0.5, 0.6) is 0 Å². The molecule has 0 atom stereocenters. The van der Waals surface area contributed by atoms with Crippen LogP contribution in [0.2, 0.25) is 0 Å². The predicted octanol–water partition coefficient (Wildman–Crippen LogP) is 20.2. The van der Waals surface area contributed by atoms with Gasteiger partial charge >= 0.3 is 0 Å². The summed E-state index contributed by atoms with van der Waals surface area (Å²) in [6, 6.07) is 82.1. The minimum absolute atomic E-state index is 0.585. The van der Waals surface area contributed by atoms with Crippen LogP contribution in [0.4, 0.5) is 0 Å². The largest absolute Gasteiger partial charge is 0.309 e. The van der Waals surface area contributed by atoms with Crippen molar-refractivity contribution >= 4 is 43.6 Å². The van der Waals surface area contributed by atoms with Gasteiger partial charge in [0.05, 0.1) is 22.1 Å². The Morgan fingerprint density at radius 1 is 0.220 bits per heavy atom. The van der Waals surface area contributed by atoms with Crippen molar-refractivity contribution in [2.45, 2.75) is 55.4 Å². The normalized spacial score (nSPS) is 11.7. The lowest BCUT2D eigenvalue weighted by molar-refractivity contribution is 1.07. The van der Waals surface area contributed by atoms with Crippen LogP contribution >= 0.6 is 0 Å². The van der Waals surface area contributed by atoms with Crippen molar-refractivity contribution in [3.8, 4) is 90.0 Å². The number of rotatable bonds is 9. The minimum atomic E-state index is 0.585. The van der Waals surface area contributed by atoms with E-state index in [2.05, 4.69) is 253 Å². The molecule has 0 saturated carbocycles. The van der Waals surface area contributed by atoms with Gasteiger partial charge in [-0.15, -0.1) is 0 Å². The number of aromatic nitrogens is 5. The van der Waals surface area contributed by atoms with Gasteiger partial charge in [-0.25, -0.2) is 15.0 Å². The van der Waals surface area contributed by atoms with E-state index < -0.39 is 0 Å². The lowest BCUT2D eigenvalue weighted by atomic mass is 9.93. The van der Waals surface area contributed by atoms with Gasteiger partial charge in [0.2, 0.25) is 0 Å². The Morgan fingerprint density at radius 2 is 0.476 bits per heavy atom. The average molecular weight is 1060 g/mol. The Labute approximate surface area is 479 Å². The fourth-order valence-corrected chi connectivity index (χ4v) is 13.2. The van der Waals surface area contributed by atoms with E-state index in [9.17, 15) is 0 Å². The van der Waals surface area contributed by atoms with E-state index >= 15 is 0 Å². The van der Waals surface area contributed by atoms with Crippen molar-refractivity contribution in [1.29, 1.82) is 0 Å². The number of nitrogens with zero attached hydrogens (tertiary/aromatic N) is 5. The maximum absolute atomic E-state index is 5.40. The third-order valence-electron chi connectivity index (χ3n) is 17.0. The lowest BCUT2D eigenvalue weighted by Gasteiger charge is -2.17. The molecule has 0 aliphatic heterocycles. The molecule has 3 heterocycles. The molecule has 394 valence electrons. The standard InChI is InChI=1S/C77H61N5/c1-46-19-15-20-47(2)71(46)56-31-35-67-63(41-56)64-42-57(72-48(3)21-16-22-49(72)4)32-36-68(64)81(67)61-39-60(77-79-75(54-27-11-9-12-28-54)78-76(80-77)55-29-13-10-14-30-55)40-62(45-61)82-69-37-33-58(73-50(5)23-17-24-51(73)6)43-65(69)66-44-59(34-38-70(66)82)74-52(7)25-18-26-53(74)8/h9-45H,1-8H3. The molecule has 0 N–H and O–H groups in total. The van der Waals surface area contributed by atoms with Gasteiger partial charge < -0.3 is 9.13 Å². The van der Waals surface area contributed by atoms with E-state index in [1.54, 1.807) is 0 Å². The van der Waals surface area contributed by atoms with Gasteiger partial charge in [0.25, 0.3) is 0 Å². The van der Waals surface area contributed by atoms with Crippen molar-refractivity contribution in [2.24, 2.45) is 0 Å². The summed E-state index contributed by atoms with van der Waals surface area (Å²) in [5, 5.41) is 4.73. The highest BCUT2D eigenvalue weighted by Gasteiger charge is 2.23. The molecule has 0 bridgehead atoms. The summed E-state index contributed by atoms with van der Waals surface area (Å²) in [6.07, 6.45) is 0. The van der Waals surface area contributed by atoms with E-state index in [1.807, 2.05) is 36.4 Å². The second kappa shape index (κ2) is 20.0. The van der Waals surface area contributed by atoms with Crippen LogP contribution < -0.4 is 0 Å². The third kappa shape index (κ3) is 8.51. The highest BCUT2D eigenvalue weighted by molar-refractivity contribution is 6.14. The highest BCUT2D eigenvalue weighted by Crippen LogP contribution is 2.44. The topological polar surface area (TPSA) is 48.5 Å². The van der Waals surface area contributed by atoms with Gasteiger partial charge in [-0.2, -0.15) is 0 Å². The van der Waals surface area contributed by atoms with Crippen LogP contribution in [0.25, 0.3) is 134 Å². The lowest BCUT2D eigenvalue weighted by Crippen LogP contribution is -2.03. The van der Waals surface area contributed by atoms with Gasteiger partial charge in [-0.1, -0.05) is 158 Å². The van der Waals surface area contributed by atoms with Gasteiger partial charge in [0.15, 0.2) is 17.5 Å². The smallest absolute Gasteiger partial charge is 0.164 e. The molecular weight excluding hydrogens is 995 g/mol. The zero-order valence-corrected chi connectivity index (χ0v) is 47.6. The molecule has 82 heavy (non-hydrogen) atoms. The first-order valence-electron chi connectivity index (χ1n) is 28.4. The number of benzene rings is 11. The number of hydrogen-bond donors (Lipinski definition) is 0. The average Bonchev–Trinajstić information content (AvgIpc) is 3.96. The van der Waals surface area contributed by atoms with Crippen molar-refractivity contribution < 1.29 is 0 Å². The molecule has 11 aromatic carbocycles. The van der Waals surface area contributed by atoms with E-state index in [1.165, 1.54) is 111 Å². The van der Waals surface area contributed by atoms with Gasteiger partial charge in [0.1, 0.15) is 0 Å². The minimum Gasteiger partial charge on any atom is -0.309 e. The summed E-state index contributed by atoms with van der Waals surface area (Å²) < 4.78 is 4.92. The molecule has 0 fully saturated rings. The van der Waals surface area contributed by atoms with Crippen molar-refractivity contribution in [3.05, 3.63) is 269 Å². The Bertz CT molecular complexity index is 4280. The van der Waals surface area contributed by atoms with Crippen molar-refractivity contribution in [2.75, 3.05) is 0 Å². The highest BCUT2D eigenvalue weighted by atomic mass is 15.0. The molecule has 3 aromatic heterocycles. The molecule has 0 unspecified atom stereocenters. The second-order valence-corrected chi connectivity index (χ2v) is 22.4. The fraction of sp³-hybridized carbons (Fsp3) is 0.104. The van der Waals surface area contributed by atoms with Gasteiger partial charge in [0, 0.05) is 49.6 Å². The summed E-state index contributed by atoms with van der Waals surface area (Å²) in [7, 11) is 0. The summed E-state index contributed by atoms with van der Waals surface area (Å²) in [5.74, 6) is 1.81. The van der Waals surface area contributed by atoms with E-state index in [4.69, 9.17) is 15.0 Å². The molecule has 5 heteroatoms. The van der Waals surface area contributed by atoms with Crippen LogP contribution in [-0.2, 0) is 0 Å². The second-order valence-electron chi connectivity index (χ2n) is 22.4. The SMILES string of the molecule is Cc1cccc(C)c1-c1ccc2c(c1)c1cc(-c3c(C)cccc3C)ccc1n2-c1cc(-c2nc(-c3ccccc3)nc(-c3ccccc3)n2)cc(-n2c3ccc(-c4c(C)cccc4C)cc3c3cc(-c4c(C)cccc4C)ccc32)c1. The van der Waals surface area contributed by atoms with Gasteiger partial charge in [-0.3, -0.25) is 0 Å². The van der Waals surface area contributed by atoms with Crippen LogP contribution in [0.15, 0.2) is 224 Å². The Balaban J connectivity index is 1.09. The van der Waals surface area contributed by atoms with E-state index in [-0.39, 0.29) is 0 Å². The van der Waals surface area contributed by atoms with Crippen LogP contribution in [0.1, 0.15) is 44.5 Å². The van der Waals surface area contributed by atoms with Crippen LogP contribution in [0.3, 0.4) is 0 Å². The molecule has 0 aliphatic carbocycles. The number of fused-ring (bicyclic) bond motifs is 6. The quantitative estimate of drug-likeness (QED) is 0.145. The monoisotopic (exact) mass is 1060 g/mol. The first kappa shape index (κ1) is 50.3. The van der Waals surface area contributed by atoms with Crippen LogP contribution in [-0.4, -0.2) is 24.1 Å². The van der Waals surface area contributed by atoms with Gasteiger partial charge in [-0.05, 0) is 211 Å². The zero-order chi connectivity index (χ0) is 55.9. The Morgan fingerprint density at radius 3 is 0.744 bits per heavy atom. The van der Waals surface area contributed by atoms with Crippen molar-refractivity contribution in [3.63, 3.8) is 0 Å². The molecule has 0 spiro atoms. The van der Waals surface area contributed by atoms with E-state index in [0.29, 0.717) is 17.5 Å². The number of aryl methyl sites for hydroxylation is 8. The summed E-state index contributed by atoms with van der Waals surface area (Å²) in [4.78, 5) is 16.0. The first-order chi connectivity index (χ1) is 39.9. The number of hydrogen-bond acceptors (Lipinski definition) is 3. The summed E-state index contributed by atoms with van der Waals surface area (Å²) >= 11 is 0. The maximum Gasteiger partial charge on any atom is 0.164 e. The molecular formula is C77H61N5. The third-order valence-corrected chi connectivity index (χ3v) is 17.0. The van der Waals surface area contributed by atoms with Crippen LogP contribution in [0, 0.1) is 55.4 Å². The molecule has 0 radical (unpaired) electrons. The first-order valence-corrected chi connectivity index (χ1v) is 28.4. The fourth-order valence-electron chi connectivity index (χ4n) is 13.2. The Kier molecular flexibility index (Phi) is 12.2. The molecule has 14 rings (SSSR count). The van der Waals surface area contributed by atoms with Crippen molar-refractivity contribution in [1.82, 2.24) is 24.1 Å². The molecule has 5 nitrogen and oxygen atoms in total. The Hall–Kier alpha value is -9.97. The predicted molar refractivity (Wildman–Crippen MR) is 344 cm³/mol. The van der Waals surface area contributed by atoms with E-state index in [0.717, 1.165) is 50.1 Å². The summed E-state index contributed by atoms with van der Waals surface area (Å²) in [5.41, 5.74) is 29.1. The molecule has 0 aliphatic rings. The maximum atomic E-state index is 5.40. The summed E-state index contributed by atoms with van der Waals surface area (Å²) in [6.45, 7) is 17.8.